The molecule has 0 aliphatic carbocycles. The number of para-hydroxylation sites is 1. The summed E-state index contributed by atoms with van der Waals surface area (Å²) in [7, 11) is 0. The molecule has 2 amide bonds. The molecule has 3 aromatic rings. The largest absolute Gasteiger partial charge is 0.361 e. The van der Waals surface area contributed by atoms with E-state index in [-0.39, 0.29) is 18.7 Å². The maximum atomic E-state index is 12.6. The van der Waals surface area contributed by atoms with Crippen molar-refractivity contribution in [3.05, 3.63) is 71.9 Å². The van der Waals surface area contributed by atoms with Crippen LogP contribution in [0, 0.1) is 0 Å². The highest BCUT2D eigenvalue weighted by Gasteiger charge is 2.51. The fourth-order valence-electron chi connectivity index (χ4n) is 3.36. The van der Waals surface area contributed by atoms with Crippen molar-refractivity contribution in [3.8, 4) is 0 Å². The molecular formula is C20H17N3O3. The summed E-state index contributed by atoms with van der Waals surface area (Å²) >= 11 is 0. The van der Waals surface area contributed by atoms with E-state index in [0.29, 0.717) is 5.56 Å². The Bertz CT molecular complexity index is 991. The number of fused-ring (bicyclic) bond motifs is 1. The van der Waals surface area contributed by atoms with Crippen molar-refractivity contribution in [2.45, 2.75) is 12.0 Å². The van der Waals surface area contributed by atoms with E-state index in [1.807, 2.05) is 24.3 Å². The van der Waals surface area contributed by atoms with Crippen LogP contribution in [0.2, 0.25) is 0 Å². The highest BCUT2D eigenvalue weighted by molar-refractivity contribution is 6.20. The van der Waals surface area contributed by atoms with Gasteiger partial charge in [-0.15, -0.1) is 0 Å². The maximum Gasteiger partial charge on any atom is 0.254 e. The lowest BCUT2D eigenvalue weighted by atomic mass is 9.87. The molecule has 1 aromatic heterocycles. The van der Waals surface area contributed by atoms with E-state index in [4.69, 9.17) is 0 Å². The van der Waals surface area contributed by atoms with E-state index in [2.05, 4.69) is 15.6 Å². The first-order chi connectivity index (χ1) is 12.6. The van der Waals surface area contributed by atoms with Gasteiger partial charge in [0.25, 0.3) is 11.8 Å². The van der Waals surface area contributed by atoms with Gasteiger partial charge in [0.1, 0.15) is 0 Å². The fourth-order valence-corrected chi connectivity index (χ4v) is 3.36. The van der Waals surface area contributed by atoms with Crippen molar-refractivity contribution in [3.63, 3.8) is 0 Å². The molecule has 1 saturated heterocycles. The van der Waals surface area contributed by atoms with Crippen LogP contribution in [0.15, 0.2) is 60.8 Å². The molecule has 130 valence electrons. The first-order valence-electron chi connectivity index (χ1n) is 8.34. The Balaban J connectivity index is 1.72. The molecule has 0 saturated carbocycles. The van der Waals surface area contributed by atoms with Crippen molar-refractivity contribution < 1.29 is 14.4 Å². The summed E-state index contributed by atoms with van der Waals surface area (Å²) in [5.41, 5.74) is 0.522. The Morgan fingerprint density at radius 3 is 2.50 bits per heavy atom. The first kappa shape index (κ1) is 16.1. The van der Waals surface area contributed by atoms with Gasteiger partial charge >= 0.3 is 0 Å². The van der Waals surface area contributed by atoms with E-state index in [1.165, 1.54) is 0 Å². The number of benzene rings is 2. The lowest BCUT2D eigenvalue weighted by molar-refractivity contribution is -0.130. The van der Waals surface area contributed by atoms with Gasteiger partial charge in [0.05, 0.1) is 6.54 Å². The summed E-state index contributed by atoms with van der Waals surface area (Å²) in [6.45, 7) is -0.0870. The van der Waals surface area contributed by atoms with Crippen molar-refractivity contribution in [2.24, 2.45) is 0 Å². The van der Waals surface area contributed by atoms with E-state index in [1.54, 1.807) is 36.5 Å². The summed E-state index contributed by atoms with van der Waals surface area (Å²) in [4.78, 5) is 41.0. The molecule has 6 nitrogen and oxygen atoms in total. The zero-order chi connectivity index (χ0) is 18.1. The number of carbonyl (C=O) groups is 3. The number of nitrogens with one attached hydrogen (secondary N) is 3. The zero-order valence-electron chi connectivity index (χ0n) is 13.9. The Labute approximate surface area is 149 Å². The molecule has 1 aliphatic heterocycles. The van der Waals surface area contributed by atoms with Crippen LogP contribution in [0.5, 0.6) is 0 Å². The molecule has 0 bridgehead atoms. The number of carbonyl (C=O) groups excluding carboxylic acids is 3. The summed E-state index contributed by atoms with van der Waals surface area (Å²) in [6.07, 6.45) is 1.88. The van der Waals surface area contributed by atoms with Crippen molar-refractivity contribution in [2.75, 3.05) is 6.54 Å². The van der Waals surface area contributed by atoms with Crippen LogP contribution in [0.4, 0.5) is 0 Å². The molecule has 1 atom stereocenters. The molecule has 1 unspecified atom stereocenters. The smallest absolute Gasteiger partial charge is 0.254 e. The quantitative estimate of drug-likeness (QED) is 0.626. The third-order valence-electron chi connectivity index (χ3n) is 4.77. The third-order valence-corrected chi connectivity index (χ3v) is 4.77. The minimum Gasteiger partial charge on any atom is -0.361 e. The monoisotopic (exact) mass is 347 g/mol. The number of aromatic nitrogens is 1. The van der Waals surface area contributed by atoms with Gasteiger partial charge in [-0.3, -0.25) is 14.4 Å². The number of Topliss-reactive ketones (excluding diaryl/α,β-unsaturated/α-hetero) is 1. The normalized spacial score (nSPS) is 19.5. The fraction of sp³-hybridized carbons (Fsp3) is 0.150. The molecule has 3 N–H and O–H groups in total. The third kappa shape index (κ3) is 2.56. The molecule has 26 heavy (non-hydrogen) atoms. The standard InChI is InChI=1S/C20H17N3O3/c24-17-12-22-19(26)20(17,23-18(25)13-6-2-1-3-7-13)10-14-11-21-16-9-5-4-8-15(14)16/h1-9,11,21H,10,12H2,(H,22,26)(H,23,25). The van der Waals surface area contributed by atoms with E-state index >= 15 is 0 Å². The molecule has 2 aromatic carbocycles. The summed E-state index contributed by atoms with van der Waals surface area (Å²) in [5.74, 6) is -1.26. The van der Waals surface area contributed by atoms with Crippen LogP contribution in [-0.2, 0) is 16.0 Å². The topological polar surface area (TPSA) is 91.1 Å². The van der Waals surface area contributed by atoms with Gasteiger partial charge in [0.15, 0.2) is 11.3 Å². The van der Waals surface area contributed by atoms with Crippen LogP contribution in [-0.4, -0.2) is 34.7 Å². The Morgan fingerprint density at radius 1 is 1.04 bits per heavy atom. The molecular weight excluding hydrogens is 330 g/mol. The van der Waals surface area contributed by atoms with Gasteiger partial charge in [-0.2, -0.15) is 0 Å². The van der Waals surface area contributed by atoms with Crippen LogP contribution in [0.25, 0.3) is 10.9 Å². The lowest BCUT2D eigenvalue weighted by Gasteiger charge is -2.26. The minimum absolute atomic E-state index is 0.0870. The molecule has 4 rings (SSSR count). The van der Waals surface area contributed by atoms with E-state index in [9.17, 15) is 14.4 Å². The van der Waals surface area contributed by atoms with Crippen LogP contribution >= 0.6 is 0 Å². The second-order valence-corrected chi connectivity index (χ2v) is 6.37. The van der Waals surface area contributed by atoms with E-state index in [0.717, 1.165) is 16.5 Å². The minimum atomic E-state index is -1.60. The molecule has 6 heteroatoms. The summed E-state index contributed by atoms with van der Waals surface area (Å²) in [6, 6.07) is 16.2. The predicted octanol–water partition coefficient (Wildman–Crippen LogP) is 1.58. The van der Waals surface area contributed by atoms with Gasteiger partial charge in [0, 0.05) is 29.1 Å². The van der Waals surface area contributed by atoms with Gasteiger partial charge < -0.3 is 15.6 Å². The van der Waals surface area contributed by atoms with Crippen molar-refractivity contribution in [1.29, 1.82) is 0 Å². The average Bonchev–Trinajstić information content (AvgIpc) is 3.19. The number of hydrogen-bond donors (Lipinski definition) is 3. The number of aromatic amines is 1. The zero-order valence-corrected chi connectivity index (χ0v) is 13.9. The Kier molecular flexibility index (Phi) is 3.80. The maximum absolute atomic E-state index is 12.6. The lowest BCUT2D eigenvalue weighted by Crippen LogP contribution is -2.59. The SMILES string of the molecule is O=C(NC1(Cc2c[nH]c3ccccc23)C(=O)CNC1=O)c1ccccc1. The summed E-state index contributed by atoms with van der Waals surface area (Å²) < 4.78 is 0. The Morgan fingerprint density at radius 2 is 1.77 bits per heavy atom. The second-order valence-electron chi connectivity index (χ2n) is 6.37. The number of hydrogen-bond acceptors (Lipinski definition) is 3. The second kappa shape index (κ2) is 6.15. The number of rotatable bonds is 4. The van der Waals surface area contributed by atoms with E-state index < -0.39 is 17.4 Å². The number of ketones is 1. The number of amides is 2. The van der Waals surface area contributed by atoms with Crippen molar-refractivity contribution in [1.82, 2.24) is 15.6 Å². The van der Waals surface area contributed by atoms with Gasteiger partial charge in [-0.25, -0.2) is 0 Å². The predicted molar refractivity (Wildman–Crippen MR) is 96.7 cm³/mol. The van der Waals surface area contributed by atoms with Crippen LogP contribution in [0.1, 0.15) is 15.9 Å². The van der Waals surface area contributed by atoms with Crippen molar-refractivity contribution >= 4 is 28.5 Å². The molecule has 0 spiro atoms. The molecule has 1 fully saturated rings. The van der Waals surface area contributed by atoms with Crippen LogP contribution in [0.3, 0.4) is 0 Å². The van der Waals surface area contributed by atoms with Gasteiger partial charge in [0.2, 0.25) is 0 Å². The highest BCUT2D eigenvalue weighted by atomic mass is 16.2. The van der Waals surface area contributed by atoms with Gasteiger partial charge in [-0.05, 0) is 23.8 Å². The molecule has 0 radical (unpaired) electrons. The number of H-pyrrole nitrogens is 1. The first-order valence-corrected chi connectivity index (χ1v) is 8.34. The molecule has 1 aliphatic rings. The average molecular weight is 347 g/mol. The van der Waals surface area contributed by atoms with Crippen LogP contribution < -0.4 is 10.6 Å². The summed E-state index contributed by atoms with van der Waals surface area (Å²) in [5, 5.41) is 6.19. The highest BCUT2D eigenvalue weighted by Crippen LogP contribution is 2.26. The van der Waals surface area contributed by atoms with Gasteiger partial charge in [-0.1, -0.05) is 36.4 Å². The molecule has 2 heterocycles. The Hall–Kier alpha value is -3.41.